The zero-order chi connectivity index (χ0) is 19.0. The first-order chi connectivity index (χ1) is 10.9. The van der Waals surface area contributed by atoms with E-state index in [1.54, 1.807) is 0 Å². The van der Waals surface area contributed by atoms with E-state index in [-0.39, 0.29) is 24.4 Å². The highest BCUT2D eigenvalue weighted by atomic mass is 31.2. The van der Waals surface area contributed by atoms with E-state index in [0.29, 0.717) is 25.2 Å². The summed E-state index contributed by atoms with van der Waals surface area (Å²) in [6, 6.07) is 0. The van der Waals surface area contributed by atoms with Gasteiger partial charge in [-0.2, -0.15) is 0 Å². The summed E-state index contributed by atoms with van der Waals surface area (Å²) in [5.41, 5.74) is 0. The molecule has 0 saturated carbocycles. The molecule has 0 amide bonds. The van der Waals surface area contributed by atoms with Gasteiger partial charge >= 0.3 is 15.2 Å². The third kappa shape index (κ3) is 11.8. The van der Waals surface area contributed by atoms with Crippen molar-refractivity contribution in [3.8, 4) is 0 Å². The van der Waals surface area contributed by atoms with E-state index in [2.05, 4.69) is 0 Å². The Morgan fingerprint density at radius 1 is 0.542 bits per heavy atom. The first-order valence-electron chi connectivity index (χ1n) is 8.79. The molecular formula is C16H36O6P2. The van der Waals surface area contributed by atoms with Crippen LogP contribution in [0.15, 0.2) is 0 Å². The van der Waals surface area contributed by atoms with Crippen LogP contribution in [0.3, 0.4) is 0 Å². The summed E-state index contributed by atoms with van der Waals surface area (Å²) < 4.78 is 47.5. The Bertz CT molecular complexity index is 366. The van der Waals surface area contributed by atoms with Crippen LogP contribution in [0.5, 0.6) is 0 Å². The average Bonchev–Trinajstić information content (AvgIpc) is 2.30. The smallest absolute Gasteiger partial charge is 0.306 e. The summed E-state index contributed by atoms with van der Waals surface area (Å²) in [4.78, 5) is 0. The Labute approximate surface area is 148 Å². The molecule has 0 N–H and O–H groups in total. The van der Waals surface area contributed by atoms with Gasteiger partial charge in [-0.25, -0.2) is 0 Å². The third-order valence-corrected chi connectivity index (χ3v) is 7.30. The maximum absolute atomic E-state index is 12.7. The van der Waals surface area contributed by atoms with Crippen molar-refractivity contribution in [1.29, 1.82) is 0 Å². The van der Waals surface area contributed by atoms with Crippen LogP contribution in [0.2, 0.25) is 0 Å². The number of rotatable bonds is 13. The Kier molecular flexibility index (Phi) is 11.2. The fourth-order valence-corrected chi connectivity index (χ4v) is 6.47. The molecule has 0 spiro atoms. The molecule has 0 aromatic heterocycles. The molecule has 0 aromatic carbocycles. The highest BCUT2D eigenvalue weighted by molar-refractivity contribution is 7.54. The van der Waals surface area contributed by atoms with E-state index in [0.717, 1.165) is 0 Å². The number of unbranched alkanes of at least 4 members (excludes halogenated alkanes) is 1. The predicted octanol–water partition coefficient (Wildman–Crippen LogP) is 5.85. The van der Waals surface area contributed by atoms with Gasteiger partial charge in [0.05, 0.1) is 36.7 Å². The van der Waals surface area contributed by atoms with Crippen molar-refractivity contribution in [2.75, 3.05) is 12.3 Å². The van der Waals surface area contributed by atoms with Crippen molar-refractivity contribution in [2.24, 2.45) is 0 Å². The van der Waals surface area contributed by atoms with Gasteiger partial charge in [0.25, 0.3) is 0 Å². The predicted molar refractivity (Wildman–Crippen MR) is 99.1 cm³/mol. The SMILES string of the molecule is CC(C)OP(=O)(CCCCP(=O)(OC(C)C)OC(C)C)OC(C)C. The minimum absolute atomic E-state index is 0.172. The minimum atomic E-state index is -3.14. The van der Waals surface area contributed by atoms with E-state index in [4.69, 9.17) is 18.1 Å². The molecule has 0 aliphatic carbocycles. The van der Waals surface area contributed by atoms with Crippen molar-refractivity contribution in [2.45, 2.75) is 92.6 Å². The Balaban J connectivity index is 4.62. The van der Waals surface area contributed by atoms with Crippen LogP contribution in [-0.4, -0.2) is 36.7 Å². The Hall–Kier alpha value is 0.300. The van der Waals surface area contributed by atoms with Gasteiger partial charge in [-0.3, -0.25) is 9.13 Å². The summed E-state index contributed by atoms with van der Waals surface area (Å²) in [7, 11) is -6.28. The summed E-state index contributed by atoms with van der Waals surface area (Å²) >= 11 is 0. The molecule has 24 heavy (non-hydrogen) atoms. The van der Waals surface area contributed by atoms with Crippen molar-refractivity contribution in [3.05, 3.63) is 0 Å². The number of hydrogen-bond acceptors (Lipinski definition) is 6. The first kappa shape index (κ1) is 24.3. The van der Waals surface area contributed by atoms with Gasteiger partial charge in [-0.1, -0.05) is 0 Å². The molecule has 6 nitrogen and oxygen atoms in total. The minimum Gasteiger partial charge on any atom is -0.306 e. The molecule has 0 aliphatic heterocycles. The second-order valence-corrected chi connectivity index (χ2v) is 11.2. The molecule has 0 bridgehead atoms. The molecule has 0 radical (unpaired) electrons. The summed E-state index contributed by atoms with van der Waals surface area (Å²) in [6.07, 6.45) is 1.05. The largest absolute Gasteiger partial charge is 0.331 e. The quantitative estimate of drug-likeness (QED) is 0.292. The molecule has 0 atom stereocenters. The monoisotopic (exact) mass is 386 g/mol. The van der Waals surface area contributed by atoms with Crippen LogP contribution in [0.1, 0.15) is 68.2 Å². The molecule has 0 aromatic rings. The van der Waals surface area contributed by atoms with Crippen molar-refractivity contribution >= 4 is 15.2 Å². The molecule has 0 heterocycles. The van der Waals surface area contributed by atoms with Crippen LogP contribution >= 0.6 is 15.2 Å². The van der Waals surface area contributed by atoms with Gasteiger partial charge in [-0.05, 0) is 68.2 Å². The highest BCUT2D eigenvalue weighted by Gasteiger charge is 2.30. The maximum Gasteiger partial charge on any atom is 0.331 e. The lowest BCUT2D eigenvalue weighted by molar-refractivity contribution is 0.139. The zero-order valence-corrected chi connectivity index (χ0v) is 18.3. The Morgan fingerprint density at radius 3 is 0.917 bits per heavy atom. The normalized spacial score (nSPS) is 13.7. The second kappa shape index (κ2) is 11.1. The van der Waals surface area contributed by atoms with Crippen LogP contribution in [0.25, 0.3) is 0 Å². The molecule has 0 rings (SSSR count). The van der Waals surface area contributed by atoms with Crippen molar-refractivity contribution in [1.82, 2.24) is 0 Å². The standard InChI is InChI=1S/C16H36O6P2/c1-13(2)19-23(17,20-14(3)4)11-9-10-12-24(18,21-15(5)6)22-16(7)8/h13-16H,9-12H2,1-8H3. The molecule has 0 aliphatic rings. The zero-order valence-electron chi connectivity index (χ0n) is 16.5. The fraction of sp³-hybridized carbons (Fsp3) is 1.00. The van der Waals surface area contributed by atoms with E-state index in [1.807, 2.05) is 55.4 Å². The van der Waals surface area contributed by atoms with Crippen molar-refractivity contribution < 1.29 is 27.2 Å². The van der Waals surface area contributed by atoms with Gasteiger partial charge in [0.15, 0.2) is 0 Å². The lowest BCUT2D eigenvalue weighted by Crippen LogP contribution is -2.12. The van der Waals surface area contributed by atoms with Gasteiger partial charge in [0.2, 0.25) is 0 Å². The summed E-state index contributed by atoms with van der Waals surface area (Å²) in [5.74, 6) is 0. The Morgan fingerprint density at radius 2 is 0.750 bits per heavy atom. The van der Waals surface area contributed by atoms with Crippen LogP contribution in [-0.2, 0) is 27.2 Å². The summed E-state index contributed by atoms with van der Waals surface area (Å²) in [5, 5.41) is 0. The van der Waals surface area contributed by atoms with Crippen LogP contribution in [0.4, 0.5) is 0 Å². The van der Waals surface area contributed by atoms with Crippen molar-refractivity contribution in [3.63, 3.8) is 0 Å². The van der Waals surface area contributed by atoms with Gasteiger partial charge in [0, 0.05) is 0 Å². The van der Waals surface area contributed by atoms with Crippen LogP contribution in [0, 0.1) is 0 Å². The van der Waals surface area contributed by atoms with E-state index in [9.17, 15) is 9.13 Å². The molecule has 0 unspecified atom stereocenters. The molecule has 0 fully saturated rings. The average molecular weight is 386 g/mol. The lowest BCUT2D eigenvalue weighted by atomic mass is 10.4. The molecule has 0 saturated heterocycles. The van der Waals surface area contributed by atoms with E-state index in [1.165, 1.54) is 0 Å². The number of hydrogen-bond donors (Lipinski definition) is 0. The lowest BCUT2D eigenvalue weighted by Gasteiger charge is -2.24. The molecule has 8 heteroatoms. The third-order valence-electron chi connectivity index (χ3n) is 2.60. The second-order valence-electron chi connectivity index (χ2n) is 6.99. The van der Waals surface area contributed by atoms with E-state index >= 15 is 0 Å². The first-order valence-corrected chi connectivity index (χ1v) is 12.2. The molecule has 146 valence electrons. The molecular weight excluding hydrogens is 350 g/mol. The highest BCUT2D eigenvalue weighted by Crippen LogP contribution is 2.53. The van der Waals surface area contributed by atoms with Gasteiger partial charge < -0.3 is 18.1 Å². The van der Waals surface area contributed by atoms with E-state index < -0.39 is 15.2 Å². The fourth-order valence-electron chi connectivity index (χ4n) is 2.16. The van der Waals surface area contributed by atoms with Gasteiger partial charge in [-0.15, -0.1) is 0 Å². The van der Waals surface area contributed by atoms with Crippen LogP contribution < -0.4 is 0 Å². The topological polar surface area (TPSA) is 71.1 Å². The summed E-state index contributed by atoms with van der Waals surface area (Å²) in [6.45, 7) is 14.6. The van der Waals surface area contributed by atoms with Gasteiger partial charge in [0.1, 0.15) is 0 Å². The maximum atomic E-state index is 12.7.